The molecule has 0 spiro atoms. The van der Waals surface area contributed by atoms with Crippen molar-refractivity contribution in [3.63, 3.8) is 0 Å². The van der Waals surface area contributed by atoms with E-state index in [1.165, 1.54) is 36.1 Å². The lowest BCUT2D eigenvalue weighted by molar-refractivity contribution is -0.139. The number of carbonyl (C=O) groups is 8. The Labute approximate surface area is 395 Å². The van der Waals surface area contributed by atoms with Gasteiger partial charge in [-0.2, -0.15) is 9.97 Å². The second-order valence-electron chi connectivity index (χ2n) is 16.6. The summed E-state index contributed by atoms with van der Waals surface area (Å²) in [6.07, 6.45) is 6.14. The zero-order chi connectivity index (χ0) is 50.4. The molecule has 6 amide bonds. The summed E-state index contributed by atoms with van der Waals surface area (Å²) in [5.74, 6) is -6.39. The molecule has 1 unspecified atom stereocenters. The minimum Gasteiger partial charge on any atom is -0.480 e. The minimum absolute atomic E-state index is 0.00725. The molecule has 2 aromatic carbocycles. The van der Waals surface area contributed by atoms with Gasteiger partial charge in [-0.3, -0.25) is 28.8 Å². The van der Waals surface area contributed by atoms with Crippen LogP contribution in [0.2, 0.25) is 0 Å². The standard InChI is InChI=1S/C46H56N12O11/c1-24(2)36(55-33(59)9-5-4-6-21-58-34(60)18-19-35(58)61)43(65)51-25(3)40(62)53-28-16-17-30(31(22-28)44(66)67)42(64)49-20-7-8-32(45(68)69)54-41(63)27-13-10-26(11-14-27)12-15-29-23-50-39-37(52-29)38(47)56-46(48)57-39/h10-11,13-14,16-19,22-25,32,34,36,60H,4-9,12,15,20-21H2,1-3H3,(H,49,64)(H,51,65)(H,53,62)(H,54,63)(H,55,59)(H,66,67)(H,68,69)(H4,47,48,50,56,57)/t25-,32-,34?,36-/m0/s1. The maximum Gasteiger partial charge on any atom is 0.336 e. The first-order chi connectivity index (χ1) is 32.8. The number of aromatic nitrogens is 4. The second kappa shape index (κ2) is 24.1. The number of amides is 6. The summed E-state index contributed by atoms with van der Waals surface area (Å²) >= 11 is 0. The topological polar surface area (TPSA) is 364 Å². The number of hydrogen-bond donors (Lipinski definition) is 10. The number of carboxylic acids is 2. The Bertz CT molecular complexity index is 2610. The monoisotopic (exact) mass is 952 g/mol. The average molecular weight is 953 g/mol. The van der Waals surface area contributed by atoms with Crippen LogP contribution in [0, 0.1) is 5.92 Å². The lowest BCUT2D eigenvalue weighted by atomic mass is 10.0. The Balaban J connectivity index is 1.04. The number of aliphatic hydroxyl groups is 1. The average Bonchev–Trinajstić information content (AvgIpc) is 3.63. The number of nitrogens with zero attached hydrogens (tertiary/aromatic N) is 5. The Hall–Kier alpha value is -8.08. The van der Waals surface area contributed by atoms with Gasteiger partial charge in [0.1, 0.15) is 24.4 Å². The van der Waals surface area contributed by atoms with Crippen LogP contribution in [0.3, 0.4) is 0 Å². The summed E-state index contributed by atoms with van der Waals surface area (Å²) in [4.78, 5) is 119. The van der Waals surface area contributed by atoms with Crippen molar-refractivity contribution in [2.24, 2.45) is 5.92 Å². The lowest BCUT2D eigenvalue weighted by Crippen LogP contribution is -2.53. The molecule has 1 aliphatic rings. The van der Waals surface area contributed by atoms with Gasteiger partial charge in [0.05, 0.1) is 23.0 Å². The lowest BCUT2D eigenvalue weighted by Gasteiger charge is -2.24. The molecule has 0 radical (unpaired) electrons. The first-order valence-electron chi connectivity index (χ1n) is 22.2. The molecule has 0 bridgehead atoms. The maximum atomic E-state index is 13.2. The van der Waals surface area contributed by atoms with E-state index in [0.29, 0.717) is 49.9 Å². The van der Waals surface area contributed by atoms with E-state index in [1.807, 2.05) is 0 Å². The summed E-state index contributed by atoms with van der Waals surface area (Å²) in [5.41, 5.74) is 13.2. The number of benzene rings is 2. The van der Waals surface area contributed by atoms with E-state index in [9.17, 15) is 53.7 Å². The van der Waals surface area contributed by atoms with E-state index >= 15 is 0 Å². The third kappa shape index (κ3) is 14.7. The Morgan fingerprint density at radius 3 is 2.22 bits per heavy atom. The van der Waals surface area contributed by atoms with Gasteiger partial charge in [0.25, 0.3) is 11.8 Å². The van der Waals surface area contributed by atoms with Gasteiger partial charge in [-0.25, -0.2) is 19.6 Å². The third-order valence-corrected chi connectivity index (χ3v) is 11.0. The molecule has 0 aliphatic carbocycles. The van der Waals surface area contributed by atoms with Gasteiger partial charge in [-0.1, -0.05) is 32.4 Å². The SMILES string of the molecule is CC(C)[C@H](NC(=O)CCCCCN1C(=O)C=CC1O)C(=O)N[C@@H](C)C(=O)Nc1ccc(C(=O)NCCC[C@H](NC(=O)c2ccc(CCc3cnc4nc(N)nc(N)c4n3)cc2)C(=O)O)c(C(=O)O)c1. The van der Waals surface area contributed by atoms with Crippen LogP contribution in [0.15, 0.2) is 60.8 Å². The largest absolute Gasteiger partial charge is 0.480 e. The van der Waals surface area contributed by atoms with Crippen LogP contribution >= 0.6 is 0 Å². The van der Waals surface area contributed by atoms with Crippen molar-refractivity contribution < 1.29 is 53.7 Å². The fourth-order valence-electron chi connectivity index (χ4n) is 7.18. The molecule has 23 nitrogen and oxygen atoms in total. The van der Waals surface area contributed by atoms with Crippen molar-refractivity contribution in [1.29, 1.82) is 0 Å². The van der Waals surface area contributed by atoms with Crippen LogP contribution in [0.5, 0.6) is 0 Å². The van der Waals surface area contributed by atoms with E-state index in [-0.39, 0.29) is 77.8 Å². The molecule has 4 atom stereocenters. The van der Waals surface area contributed by atoms with Crippen LogP contribution in [-0.2, 0) is 36.8 Å². The number of anilines is 3. The Kier molecular flexibility index (Phi) is 18.1. The van der Waals surface area contributed by atoms with Crippen LogP contribution in [-0.4, -0.2) is 125 Å². The van der Waals surface area contributed by atoms with Gasteiger partial charge in [0.15, 0.2) is 17.0 Å². The van der Waals surface area contributed by atoms with E-state index < -0.39 is 65.5 Å². The van der Waals surface area contributed by atoms with Crippen LogP contribution in [0.25, 0.3) is 11.2 Å². The number of nitrogens with one attached hydrogen (secondary N) is 5. The third-order valence-electron chi connectivity index (χ3n) is 11.0. The molecule has 366 valence electrons. The van der Waals surface area contributed by atoms with Gasteiger partial charge in [-0.15, -0.1) is 0 Å². The molecule has 23 heteroatoms. The van der Waals surface area contributed by atoms with E-state index in [1.54, 1.807) is 44.3 Å². The first kappa shape index (κ1) is 51.9. The second-order valence-corrected chi connectivity index (χ2v) is 16.6. The summed E-state index contributed by atoms with van der Waals surface area (Å²) in [7, 11) is 0. The quantitative estimate of drug-likeness (QED) is 0.0443. The van der Waals surface area contributed by atoms with Crippen molar-refractivity contribution in [1.82, 2.24) is 46.1 Å². The number of unbranched alkanes of at least 4 members (excludes halogenated alkanes) is 2. The number of aliphatic carboxylic acids is 1. The van der Waals surface area contributed by atoms with Crippen LogP contribution in [0.4, 0.5) is 17.5 Å². The van der Waals surface area contributed by atoms with Gasteiger partial charge in [0.2, 0.25) is 29.6 Å². The van der Waals surface area contributed by atoms with Crippen molar-refractivity contribution in [2.45, 2.75) is 96.5 Å². The van der Waals surface area contributed by atoms with E-state index in [0.717, 1.165) is 11.6 Å². The highest BCUT2D eigenvalue weighted by molar-refractivity contribution is 6.06. The predicted octanol–water partition coefficient (Wildman–Crippen LogP) is 1.32. The zero-order valence-electron chi connectivity index (χ0n) is 38.2. The normalized spacial score (nSPS) is 14.5. The number of carboxylic acid groups (broad SMARTS) is 2. The molecule has 4 aromatic rings. The number of nitrogen functional groups attached to an aromatic ring is 2. The van der Waals surface area contributed by atoms with Gasteiger partial charge in [0, 0.05) is 36.8 Å². The first-order valence-corrected chi connectivity index (χ1v) is 22.2. The molecule has 69 heavy (non-hydrogen) atoms. The Morgan fingerprint density at radius 2 is 1.55 bits per heavy atom. The molecule has 12 N–H and O–H groups in total. The van der Waals surface area contributed by atoms with E-state index in [4.69, 9.17) is 11.5 Å². The van der Waals surface area contributed by atoms with Crippen molar-refractivity contribution in [3.8, 4) is 0 Å². The summed E-state index contributed by atoms with van der Waals surface area (Å²) < 4.78 is 0. The highest BCUT2D eigenvalue weighted by atomic mass is 16.4. The molecule has 5 rings (SSSR count). The zero-order valence-corrected chi connectivity index (χ0v) is 38.2. The molecule has 0 saturated carbocycles. The highest BCUT2D eigenvalue weighted by Gasteiger charge is 2.28. The summed E-state index contributed by atoms with van der Waals surface area (Å²) in [5, 5.41) is 42.4. The Morgan fingerprint density at radius 1 is 0.812 bits per heavy atom. The summed E-state index contributed by atoms with van der Waals surface area (Å²) in [6, 6.07) is 6.76. The molecule has 1 aliphatic heterocycles. The number of nitrogens with two attached hydrogens (primary N) is 2. The fraction of sp³-hybridized carbons (Fsp3) is 0.391. The smallest absolute Gasteiger partial charge is 0.336 e. The number of carbonyl (C=O) groups excluding carboxylic acids is 6. The van der Waals surface area contributed by atoms with Gasteiger partial charge < -0.3 is 58.3 Å². The molecule has 0 saturated heterocycles. The van der Waals surface area contributed by atoms with Gasteiger partial charge >= 0.3 is 11.9 Å². The molecule has 0 fully saturated rings. The summed E-state index contributed by atoms with van der Waals surface area (Å²) in [6.45, 7) is 5.12. The van der Waals surface area contributed by atoms with E-state index in [2.05, 4.69) is 46.5 Å². The number of aliphatic hydroxyl groups excluding tert-OH is 1. The minimum atomic E-state index is -1.47. The number of rotatable bonds is 24. The van der Waals surface area contributed by atoms with Crippen molar-refractivity contribution >= 4 is 76.0 Å². The fourth-order valence-corrected chi connectivity index (χ4v) is 7.18. The van der Waals surface area contributed by atoms with Gasteiger partial charge in [-0.05, 0) is 93.3 Å². The number of aryl methyl sites for hydroxylation is 2. The number of fused-ring (bicyclic) bond motifs is 1. The van der Waals surface area contributed by atoms with Crippen molar-refractivity contribution in [2.75, 3.05) is 29.9 Å². The number of aromatic carboxylic acids is 1. The molecular formula is C46H56N12O11. The molecular weight excluding hydrogens is 897 g/mol. The van der Waals surface area contributed by atoms with Crippen LogP contribution in [0.1, 0.15) is 102 Å². The predicted molar refractivity (Wildman–Crippen MR) is 250 cm³/mol. The molecule has 3 heterocycles. The van der Waals surface area contributed by atoms with Crippen molar-refractivity contribution in [3.05, 3.63) is 88.8 Å². The maximum absolute atomic E-state index is 13.2. The number of hydrogen-bond acceptors (Lipinski definition) is 15. The molecule has 2 aromatic heterocycles. The van der Waals surface area contributed by atoms with Crippen LogP contribution < -0.4 is 38.1 Å². The highest BCUT2D eigenvalue weighted by Crippen LogP contribution is 2.19.